The summed E-state index contributed by atoms with van der Waals surface area (Å²) >= 11 is 0. The van der Waals surface area contributed by atoms with Crippen LogP contribution in [0.3, 0.4) is 0 Å². The Hall–Kier alpha value is -1.72. The van der Waals surface area contributed by atoms with Crippen molar-refractivity contribution in [3.63, 3.8) is 0 Å². The first-order chi connectivity index (χ1) is 6.77. The first kappa shape index (κ1) is 13.3. The van der Waals surface area contributed by atoms with Crippen molar-refractivity contribution in [1.29, 1.82) is 0 Å². The summed E-state index contributed by atoms with van der Waals surface area (Å²) in [5.41, 5.74) is 0. The van der Waals surface area contributed by atoms with Gasteiger partial charge in [0.15, 0.2) is 0 Å². The van der Waals surface area contributed by atoms with E-state index in [1.807, 2.05) is 0 Å². The van der Waals surface area contributed by atoms with Gasteiger partial charge in [0.25, 0.3) is 0 Å². The molecule has 0 unspecified atom stereocenters. The molecule has 15 heavy (non-hydrogen) atoms. The van der Waals surface area contributed by atoms with Crippen LogP contribution in [-0.4, -0.2) is 40.1 Å². The van der Waals surface area contributed by atoms with Crippen molar-refractivity contribution < 1.29 is 19.2 Å². The molecule has 0 rings (SSSR count). The van der Waals surface area contributed by atoms with Crippen LogP contribution in [0.25, 0.3) is 0 Å². The van der Waals surface area contributed by atoms with Gasteiger partial charge < -0.3 is 0 Å². The first-order valence-corrected chi connectivity index (χ1v) is 4.34. The van der Waals surface area contributed by atoms with Crippen molar-refractivity contribution >= 4 is 23.6 Å². The summed E-state index contributed by atoms with van der Waals surface area (Å²) < 4.78 is 0. The van der Waals surface area contributed by atoms with Gasteiger partial charge in [0.1, 0.15) is 6.67 Å². The number of nitrogens with zero attached hydrogens (tertiary/aromatic N) is 2. The predicted octanol–water partition coefficient (Wildman–Crippen LogP) is -0.266. The second-order valence-electron chi connectivity index (χ2n) is 3.07. The summed E-state index contributed by atoms with van der Waals surface area (Å²) in [5, 5.41) is 0. The number of carbonyl (C=O) groups excluding carboxylic acids is 4. The molecule has 0 aliphatic heterocycles. The Morgan fingerprint density at radius 2 is 0.867 bits per heavy atom. The maximum Gasteiger partial charge on any atom is 0.227 e. The lowest BCUT2D eigenvalue weighted by atomic mass is 10.4. The number of hydrogen-bond acceptors (Lipinski definition) is 4. The summed E-state index contributed by atoms with van der Waals surface area (Å²) in [6, 6.07) is 0. The third-order valence-electron chi connectivity index (χ3n) is 1.80. The van der Waals surface area contributed by atoms with Gasteiger partial charge in [-0.1, -0.05) is 0 Å². The van der Waals surface area contributed by atoms with Gasteiger partial charge in [-0.3, -0.25) is 29.0 Å². The standard InChI is InChI=1S/C9H14N2O4/c1-6(12)10(7(2)13)5-11(8(3)14)9(4)15/h5H2,1-4H3. The van der Waals surface area contributed by atoms with Crippen LogP contribution in [0.15, 0.2) is 0 Å². The van der Waals surface area contributed by atoms with E-state index in [9.17, 15) is 19.2 Å². The van der Waals surface area contributed by atoms with E-state index in [1.165, 1.54) is 27.7 Å². The van der Waals surface area contributed by atoms with E-state index in [0.29, 0.717) is 0 Å². The third-order valence-corrected chi connectivity index (χ3v) is 1.80. The van der Waals surface area contributed by atoms with E-state index < -0.39 is 23.6 Å². The molecule has 6 nitrogen and oxygen atoms in total. The normalized spacial score (nSPS) is 9.33. The van der Waals surface area contributed by atoms with E-state index in [1.54, 1.807) is 0 Å². The van der Waals surface area contributed by atoms with Crippen LogP contribution in [0.2, 0.25) is 0 Å². The molecule has 0 saturated carbocycles. The Morgan fingerprint density at radius 1 is 0.667 bits per heavy atom. The second-order valence-corrected chi connectivity index (χ2v) is 3.07. The van der Waals surface area contributed by atoms with Gasteiger partial charge in [-0.25, -0.2) is 0 Å². The molecule has 0 heterocycles. The van der Waals surface area contributed by atoms with Crippen LogP contribution >= 0.6 is 0 Å². The molecule has 0 saturated heterocycles. The van der Waals surface area contributed by atoms with Gasteiger partial charge >= 0.3 is 0 Å². The van der Waals surface area contributed by atoms with Crippen LogP contribution in [0.5, 0.6) is 0 Å². The fraction of sp³-hybridized carbons (Fsp3) is 0.556. The largest absolute Gasteiger partial charge is 0.275 e. The molecule has 0 radical (unpaired) electrons. The highest BCUT2D eigenvalue weighted by Gasteiger charge is 2.21. The summed E-state index contributed by atoms with van der Waals surface area (Å²) in [6.07, 6.45) is 0. The highest BCUT2D eigenvalue weighted by molar-refractivity contribution is 5.96. The Labute approximate surface area is 87.8 Å². The predicted molar refractivity (Wildman–Crippen MR) is 51.3 cm³/mol. The highest BCUT2D eigenvalue weighted by Crippen LogP contribution is 1.98. The van der Waals surface area contributed by atoms with Crippen molar-refractivity contribution in [2.24, 2.45) is 0 Å². The summed E-state index contributed by atoms with van der Waals surface area (Å²) in [6.45, 7) is 4.45. The lowest BCUT2D eigenvalue weighted by molar-refractivity contribution is -0.151. The summed E-state index contributed by atoms with van der Waals surface area (Å²) in [7, 11) is 0. The zero-order valence-corrected chi connectivity index (χ0v) is 9.23. The lowest BCUT2D eigenvalue weighted by Gasteiger charge is -2.24. The minimum Gasteiger partial charge on any atom is -0.275 e. The molecule has 0 bridgehead atoms. The van der Waals surface area contributed by atoms with Crippen LogP contribution in [0, 0.1) is 0 Å². The molecule has 0 aromatic carbocycles. The first-order valence-electron chi connectivity index (χ1n) is 4.34. The molecule has 0 atom stereocenters. The van der Waals surface area contributed by atoms with Gasteiger partial charge in [0, 0.05) is 27.7 Å². The number of imide groups is 2. The maximum absolute atomic E-state index is 11.0. The quantitative estimate of drug-likeness (QED) is 0.593. The molecule has 0 fully saturated rings. The molecule has 0 aliphatic rings. The number of amides is 4. The van der Waals surface area contributed by atoms with E-state index in [0.717, 1.165) is 9.80 Å². The molecular formula is C9H14N2O4. The summed E-state index contributed by atoms with van der Waals surface area (Å²) in [4.78, 5) is 45.7. The molecule has 84 valence electrons. The molecule has 0 aliphatic carbocycles. The minimum absolute atomic E-state index is 0.324. The van der Waals surface area contributed by atoms with E-state index in [4.69, 9.17) is 0 Å². The molecule has 0 spiro atoms. The molecule has 0 aromatic heterocycles. The van der Waals surface area contributed by atoms with Crippen molar-refractivity contribution in [2.45, 2.75) is 27.7 Å². The Kier molecular flexibility index (Phi) is 4.63. The maximum atomic E-state index is 11.0. The van der Waals surface area contributed by atoms with Crippen LogP contribution < -0.4 is 0 Å². The van der Waals surface area contributed by atoms with Crippen LogP contribution in [0.1, 0.15) is 27.7 Å². The molecule has 0 N–H and O–H groups in total. The third kappa shape index (κ3) is 3.88. The second kappa shape index (κ2) is 5.23. The lowest BCUT2D eigenvalue weighted by Crippen LogP contribution is -2.46. The average Bonchev–Trinajstić information content (AvgIpc) is 2.01. The molecule has 4 amide bonds. The van der Waals surface area contributed by atoms with E-state index in [-0.39, 0.29) is 6.67 Å². The van der Waals surface area contributed by atoms with Gasteiger partial charge in [-0.2, -0.15) is 0 Å². The topological polar surface area (TPSA) is 74.8 Å². The molecule has 0 aromatic rings. The molecule has 6 heteroatoms. The molecular weight excluding hydrogens is 200 g/mol. The van der Waals surface area contributed by atoms with Gasteiger partial charge in [-0.05, 0) is 0 Å². The SMILES string of the molecule is CC(=O)N(CN(C(C)=O)C(C)=O)C(C)=O. The zero-order chi connectivity index (χ0) is 12.2. The number of rotatable bonds is 2. The Balaban J connectivity index is 4.77. The van der Waals surface area contributed by atoms with Crippen molar-refractivity contribution in [3.05, 3.63) is 0 Å². The van der Waals surface area contributed by atoms with Gasteiger partial charge in [-0.15, -0.1) is 0 Å². The minimum atomic E-state index is -0.505. The Morgan fingerprint density at radius 3 is 1.00 bits per heavy atom. The van der Waals surface area contributed by atoms with Crippen LogP contribution in [-0.2, 0) is 19.2 Å². The monoisotopic (exact) mass is 214 g/mol. The van der Waals surface area contributed by atoms with Gasteiger partial charge in [0.2, 0.25) is 23.6 Å². The fourth-order valence-electron chi connectivity index (χ4n) is 0.983. The van der Waals surface area contributed by atoms with Crippen molar-refractivity contribution in [3.8, 4) is 0 Å². The smallest absolute Gasteiger partial charge is 0.227 e. The highest BCUT2D eigenvalue weighted by atomic mass is 16.2. The number of hydrogen-bond donors (Lipinski definition) is 0. The van der Waals surface area contributed by atoms with Crippen LogP contribution in [0.4, 0.5) is 0 Å². The van der Waals surface area contributed by atoms with E-state index >= 15 is 0 Å². The number of carbonyl (C=O) groups is 4. The Bertz CT molecular complexity index is 253. The summed E-state index contributed by atoms with van der Waals surface area (Å²) in [5.74, 6) is -2.02. The fourth-order valence-corrected chi connectivity index (χ4v) is 0.983. The van der Waals surface area contributed by atoms with Gasteiger partial charge in [0.05, 0.1) is 0 Å². The average molecular weight is 214 g/mol. The zero-order valence-electron chi connectivity index (χ0n) is 9.23. The van der Waals surface area contributed by atoms with Crippen molar-refractivity contribution in [1.82, 2.24) is 9.80 Å². The van der Waals surface area contributed by atoms with E-state index in [2.05, 4.69) is 0 Å². The van der Waals surface area contributed by atoms with Crippen molar-refractivity contribution in [2.75, 3.05) is 6.67 Å².